The lowest BCUT2D eigenvalue weighted by Gasteiger charge is -2.25. The average Bonchev–Trinajstić information content (AvgIpc) is 3.05. The summed E-state index contributed by atoms with van der Waals surface area (Å²) in [4.78, 5) is 12.9. The standard InChI is InChI=1S/C13H12F3NO3/c14-13(15,16)12-17(4-6-20-12)11(18)9-2-1-8-3-5-19-10(8)7-9/h1-2,7,12H,3-6H2. The Labute approximate surface area is 113 Å². The van der Waals surface area contributed by atoms with E-state index in [0.29, 0.717) is 17.3 Å². The molecule has 2 aliphatic heterocycles. The number of nitrogens with zero attached hydrogens (tertiary/aromatic N) is 1. The van der Waals surface area contributed by atoms with Crippen LogP contribution in [0.4, 0.5) is 13.2 Å². The molecular weight excluding hydrogens is 275 g/mol. The Morgan fingerprint density at radius 1 is 1.30 bits per heavy atom. The number of halogens is 3. The molecule has 0 aromatic heterocycles. The second-order valence-corrected chi connectivity index (χ2v) is 4.68. The molecule has 1 atom stereocenters. The Morgan fingerprint density at radius 3 is 2.85 bits per heavy atom. The Morgan fingerprint density at radius 2 is 2.10 bits per heavy atom. The third kappa shape index (κ3) is 2.22. The Bertz CT molecular complexity index is 544. The van der Waals surface area contributed by atoms with E-state index in [1.54, 1.807) is 6.07 Å². The molecule has 0 N–H and O–H groups in total. The fourth-order valence-electron chi connectivity index (χ4n) is 2.41. The van der Waals surface area contributed by atoms with Crippen LogP contribution in [0.2, 0.25) is 0 Å². The van der Waals surface area contributed by atoms with Gasteiger partial charge in [0.2, 0.25) is 6.23 Å². The molecule has 1 aromatic rings. The quantitative estimate of drug-likeness (QED) is 0.793. The Hall–Kier alpha value is -1.76. The van der Waals surface area contributed by atoms with Crippen LogP contribution in [0, 0.1) is 0 Å². The molecule has 1 fully saturated rings. The van der Waals surface area contributed by atoms with Crippen molar-refractivity contribution < 1.29 is 27.4 Å². The maximum absolute atomic E-state index is 12.8. The number of hydrogen-bond donors (Lipinski definition) is 0. The summed E-state index contributed by atoms with van der Waals surface area (Å²) < 4.78 is 48.2. The van der Waals surface area contributed by atoms with Crippen molar-refractivity contribution in [1.82, 2.24) is 4.90 Å². The van der Waals surface area contributed by atoms with Crippen molar-refractivity contribution in [3.63, 3.8) is 0 Å². The van der Waals surface area contributed by atoms with Gasteiger partial charge in [0.15, 0.2) is 0 Å². The largest absolute Gasteiger partial charge is 0.493 e. The molecule has 7 heteroatoms. The van der Waals surface area contributed by atoms with Gasteiger partial charge in [-0.15, -0.1) is 0 Å². The number of ether oxygens (including phenoxy) is 2. The molecule has 2 aliphatic rings. The number of carbonyl (C=O) groups excluding carboxylic acids is 1. The van der Waals surface area contributed by atoms with Crippen LogP contribution in [0.15, 0.2) is 18.2 Å². The normalized spacial score (nSPS) is 21.8. The number of alkyl halides is 3. The fourth-order valence-corrected chi connectivity index (χ4v) is 2.41. The zero-order chi connectivity index (χ0) is 14.3. The lowest BCUT2D eigenvalue weighted by atomic mass is 10.1. The summed E-state index contributed by atoms with van der Waals surface area (Å²) in [6.45, 7) is 0.350. The number of benzene rings is 1. The van der Waals surface area contributed by atoms with Crippen LogP contribution in [0.3, 0.4) is 0 Å². The minimum Gasteiger partial charge on any atom is -0.493 e. The molecule has 108 valence electrons. The molecule has 4 nitrogen and oxygen atoms in total. The van der Waals surface area contributed by atoms with Gasteiger partial charge in [-0.3, -0.25) is 4.79 Å². The van der Waals surface area contributed by atoms with Gasteiger partial charge < -0.3 is 14.4 Å². The van der Waals surface area contributed by atoms with Gasteiger partial charge in [-0.25, -0.2) is 0 Å². The van der Waals surface area contributed by atoms with E-state index in [2.05, 4.69) is 4.74 Å². The molecular formula is C13H12F3NO3. The molecule has 2 heterocycles. The molecule has 1 aromatic carbocycles. The monoisotopic (exact) mass is 287 g/mol. The topological polar surface area (TPSA) is 38.8 Å². The summed E-state index contributed by atoms with van der Waals surface area (Å²) in [5, 5.41) is 0. The first-order chi connectivity index (χ1) is 9.47. The summed E-state index contributed by atoms with van der Waals surface area (Å²) >= 11 is 0. The number of amides is 1. The molecule has 1 unspecified atom stereocenters. The van der Waals surface area contributed by atoms with Gasteiger partial charge in [0, 0.05) is 18.5 Å². The van der Waals surface area contributed by atoms with E-state index in [1.165, 1.54) is 12.1 Å². The first kappa shape index (κ1) is 13.2. The molecule has 0 saturated carbocycles. The Kier molecular flexibility index (Phi) is 3.08. The summed E-state index contributed by atoms with van der Waals surface area (Å²) in [7, 11) is 0. The van der Waals surface area contributed by atoms with E-state index in [9.17, 15) is 18.0 Å². The van der Waals surface area contributed by atoms with Gasteiger partial charge in [-0.1, -0.05) is 6.07 Å². The number of carbonyl (C=O) groups is 1. The molecule has 20 heavy (non-hydrogen) atoms. The van der Waals surface area contributed by atoms with Crippen LogP contribution in [-0.4, -0.2) is 43.0 Å². The van der Waals surface area contributed by atoms with E-state index in [1.807, 2.05) is 0 Å². The van der Waals surface area contributed by atoms with Crippen molar-refractivity contribution in [2.75, 3.05) is 19.8 Å². The molecule has 1 saturated heterocycles. The Balaban J connectivity index is 1.85. The van der Waals surface area contributed by atoms with Crippen LogP contribution < -0.4 is 4.74 Å². The van der Waals surface area contributed by atoms with E-state index in [4.69, 9.17) is 4.74 Å². The van der Waals surface area contributed by atoms with Crippen LogP contribution in [0.5, 0.6) is 5.75 Å². The van der Waals surface area contributed by atoms with Gasteiger partial charge in [0.1, 0.15) is 5.75 Å². The molecule has 0 spiro atoms. The highest BCUT2D eigenvalue weighted by Gasteiger charge is 2.49. The molecule has 0 aliphatic carbocycles. The summed E-state index contributed by atoms with van der Waals surface area (Å²) in [5.41, 5.74) is 1.15. The molecule has 1 amide bonds. The summed E-state index contributed by atoms with van der Waals surface area (Å²) in [6.07, 6.45) is -5.99. The predicted molar refractivity (Wildman–Crippen MR) is 62.5 cm³/mol. The second-order valence-electron chi connectivity index (χ2n) is 4.68. The lowest BCUT2D eigenvalue weighted by Crippen LogP contribution is -2.45. The average molecular weight is 287 g/mol. The first-order valence-corrected chi connectivity index (χ1v) is 6.22. The molecule has 0 radical (unpaired) electrons. The summed E-state index contributed by atoms with van der Waals surface area (Å²) in [6, 6.07) is 4.74. The van der Waals surface area contributed by atoms with Crippen molar-refractivity contribution in [2.45, 2.75) is 18.8 Å². The SMILES string of the molecule is O=C(c1ccc2c(c1)OCC2)N1CCOC1C(F)(F)F. The van der Waals surface area contributed by atoms with Gasteiger partial charge in [-0.05, 0) is 17.7 Å². The van der Waals surface area contributed by atoms with Gasteiger partial charge in [0.25, 0.3) is 5.91 Å². The van der Waals surface area contributed by atoms with E-state index in [-0.39, 0.29) is 18.7 Å². The minimum absolute atomic E-state index is 0.0685. The van der Waals surface area contributed by atoms with Gasteiger partial charge in [0.05, 0.1) is 13.2 Å². The maximum atomic E-state index is 12.8. The lowest BCUT2D eigenvalue weighted by molar-refractivity contribution is -0.232. The fraction of sp³-hybridized carbons (Fsp3) is 0.462. The van der Waals surface area contributed by atoms with Crippen LogP contribution in [-0.2, 0) is 11.2 Å². The maximum Gasteiger partial charge on any atom is 0.433 e. The van der Waals surface area contributed by atoms with E-state index >= 15 is 0 Å². The third-order valence-corrected chi connectivity index (χ3v) is 3.37. The van der Waals surface area contributed by atoms with Crippen molar-refractivity contribution in [3.05, 3.63) is 29.3 Å². The summed E-state index contributed by atoms with van der Waals surface area (Å²) in [5.74, 6) is -0.123. The first-order valence-electron chi connectivity index (χ1n) is 6.22. The number of hydrogen-bond acceptors (Lipinski definition) is 3. The zero-order valence-electron chi connectivity index (χ0n) is 10.4. The van der Waals surface area contributed by atoms with Crippen molar-refractivity contribution in [1.29, 1.82) is 0 Å². The second kappa shape index (κ2) is 4.66. The van der Waals surface area contributed by atoms with Crippen molar-refractivity contribution in [2.24, 2.45) is 0 Å². The minimum atomic E-state index is -4.58. The van der Waals surface area contributed by atoms with Crippen molar-refractivity contribution >= 4 is 5.91 Å². The molecule has 0 bridgehead atoms. The van der Waals surface area contributed by atoms with Crippen LogP contribution in [0.25, 0.3) is 0 Å². The van der Waals surface area contributed by atoms with Crippen molar-refractivity contribution in [3.8, 4) is 5.75 Å². The number of rotatable bonds is 1. The van der Waals surface area contributed by atoms with E-state index in [0.717, 1.165) is 12.0 Å². The van der Waals surface area contributed by atoms with Gasteiger partial charge >= 0.3 is 6.18 Å². The third-order valence-electron chi connectivity index (χ3n) is 3.37. The number of fused-ring (bicyclic) bond motifs is 1. The van der Waals surface area contributed by atoms with Crippen LogP contribution >= 0.6 is 0 Å². The molecule has 3 rings (SSSR count). The zero-order valence-corrected chi connectivity index (χ0v) is 10.4. The highest BCUT2D eigenvalue weighted by molar-refractivity contribution is 5.95. The smallest absolute Gasteiger partial charge is 0.433 e. The van der Waals surface area contributed by atoms with Gasteiger partial charge in [-0.2, -0.15) is 13.2 Å². The predicted octanol–water partition coefficient (Wildman–Crippen LogP) is 1.98. The highest BCUT2D eigenvalue weighted by atomic mass is 19.4. The van der Waals surface area contributed by atoms with Crippen LogP contribution in [0.1, 0.15) is 15.9 Å². The van der Waals surface area contributed by atoms with E-state index < -0.39 is 18.3 Å². The highest BCUT2D eigenvalue weighted by Crippen LogP contribution is 2.31.